The minimum absolute atomic E-state index is 0.288. The number of rotatable bonds is 5. The van der Waals surface area contributed by atoms with Crippen LogP contribution in [0.1, 0.15) is 23.6 Å². The van der Waals surface area contributed by atoms with Crippen molar-refractivity contribution in [2.24, 2.45) is 0 Å². The summed E-state index contributed by atoms with van der Waals surface area (Å²) in [6, 6.07) is 15.0. The van der Waals surface area contributed by atoms with E-state index < -0.39 is 17.7 Å². The smallest absolute Gasteiger partial charge is 0.407 e. The van der Waals surface area contributed by atoms with Crippen molar-refractivity contribution in [3.8, 4) is 5.75 Å². The number of hydrogen-bond acceptors (Lipinski definition) is 4. The average molecular weight is 341 g/mol. The lowest BCUT2D eigenvalue weighted by Crippen LogP contribution is -2.49. The highest BCUT2D eigenvalue weighted by atomic mass is 16.5. The Morgan fingerprint density at radius 1 is 1.28 bits per heavy atom. The van der Waals surface area contributed by atoms with Crippen LogP contribution >= 0.6 is 0 Å². The van der Waals surface area contributed by atoms with Crippen molar-refractivity contribution in [3.05, 3.63) is 65.2 Å². The highest BCUT2D eigenvalue weighted by Crippen LogP contribution is 2.41. The van der Waals surface area contributed by atoms with Gasteiger partial charge in [-0.25, -0.2) is 4.79 Å². The van der Waals surface area contributed by atoms with Crippen LogP contribution in [-0.4, -0.2) is 31.0 Å². The lowest BCUT2D eigenvalue weighted by molar-refractivity contribution is 0.00770. The van der Waals surface area contributed by atoms with Gasteiger partial charge in [0.05, 0.1) is 19.8 Å². The summed E-state index contributed by atoms with van der Waals surface area (Å²) in [5.41, 5.74) is 1.56. The fourth-order valence-electron chi connectivity index (χ4n) is 3.45. The number of aliphatic hydroxyl groups is 1. The minimum Gasteiger partial charge on any atom is -0.497 e. The quantitative estimate of drug-likeness (QED) is 0.877. The van der Waals surface area contributed by atoms with Gasteiger partial charge in [0.15, 0.2) is 0 Å². The Kier molecular flexibility index (Phi) is 4.95. The summed E-state index contributed by atoms with van der Waals surface area (Å²) in [5, 5.41) is 14.4. The van der Waals surface area contributed by atoms with E-state index in [-0.39, 0.29) is 6.61 Å². The zero-order valence-electron chi connectivity index (χ0n) is 14.5. The molecule has 5 nitrogen and oxygen atoms in total. The molecule has 132 valence electrons. The first kappa shape index (κ1) is 17.3. The molecule has 3 rings (SSSR count). The van der Waals surface area contributed by atoms with Gasteiger partial charge in [-0.3, -0.25) is 0 Å². The van der Waals surface area contributed by atoms with Crippen LogP contribution in [0, 0.1) is 0 Å². The van der Waals surface area contributed by atoms with E-state index in [1.165, 1.54) is 0 Å². The second-order valence-electron chi connectivity index (χ2n) is 6.23. The molecule has 1 aliphatic rings. The summed E-state index contributed by atoms with van der Waals surface area (Å²) in [7, 11) is 1.60. The molecule has 0 spiro atoms. The van der Waals surface area contributed by atoms with Gasteiger partial charge in [0.2, 0.25) is 0 Å². The Hall–Kier alpha value is -2.53. The maximum Gasteiger partial charge on any atom is 0.407 e. The highest BCUT2D eigenvalue weighted by Gasteiger charge is 2.46. The van der Waals surface area contributed by atoms with Crippen LogP contribution in [0.4, 0.5) is 4.79 Å². The van der Waals surface area contributed by atoms with E-state index in [2.05, 4.69) is 5.32 Å². The fraction of sp³-hybridized carbons (Fsp3) is 0.350. The predicted octanol–water partition coefficient (Wildman–Crippen LogP) is 2.80. The predicted molar refractivity (Wildman–Crippen MR) is 94.7 cm³/mol. The van der Waals surface area contributed by atoms with E-state index in [0.29, 0.717) is 18.6 Å². The lowest BCUT2D eigenvalue weighted by atomic mass is 9.85. The normalized spacial score (nSPS) is 21.5. The van der Waals surface area contributed by atoms with E-state index in [9.17, 15) is 9.90 Å². The first-order chi connectivity index (χ1) is 12.1. The molecule has 0 fully saturated rings. The van der Waals surface area contributed by atoms with E-state index in [0.717, 1.165) is 16.7 Å². The van der Waals surface area contributed by atoms with Crippen molar-refractivity contribution in [2.45, 2.75) is 31.4 Å². The van der Waals surface area contributed by atoms with E-state index >= 15 is 0 Å². The monoisotopic (exact) mass is 341 g/mol. The maximum atomic E-state index is 11.9. The molecule has 0 saturated carbocycles. The van der Waals surface area contributed by atoms with Crippen molar-refractivity contribution in [1.82, 2.24) is 5.32 Å². The molecule has 2 unspecified atom stereocenters. The van der Waals surface area contributed by atoms with Gasteiger partial charge in [-0.2, -0.15) is 0 Å². The number of ether oxygens (including phenoxy) is 2. The minimum atomic E-state index is -1.22. The van der Waals surface area contributed by atoms with Crippen LogP contribution < -0.4 is 10.1 Å². The largest absolute Gasteiger partial charge is 0.497 e. The molecule has 2 atom stereocenters. The summed E-state index contributed by atoms with van der Waals surface area (Å²) in [5.74, 6) is 0.682. The summed E-state index contributed by atoms with van der Waals surface area (Å²) in [6.45, 7) is 2.04. The van der Waals surface area contributed by atoms with Crippen LogP contribution in [0.25, 0.3) is 0 Å². The summed E-state index contributed by atoms with van der Waals surface area (Å²) < 4.78 is 10.3. The Labute approximate surface area is 147 Å². The number of benzene rings is 2. The number of nitrogens with one attached hydrogen (secondary N) is 1. The molecule has 0 radical (unpaired) electrons. The third kappa shape index (κ3) is 3.46. The first-order valence-electron chi connectivity index (χ1n) is 8.43. The molecule has 25 heavy (non-hydrogen) atoms. The molecule has 1 amide bonds. The molecule has 0 saturated heterocycles. The second-order valence-corrected chi connectivity index (χ2v) is 6.23. The molecule has 5 heteroatoms. The third-order valence-electron chi connectivity index (χ3n) is 4.67. The van der Waals surface area contributed by atoms with Crippen molar-refractivity contribution < 1.29 is 19.4 Å². The topological polar surface area (TPSA) is 67.8 Å². The molecule has 0 aliphatic heterocycles. The van der Waals surface area contributed by atoms with Gasteiger partial charge >= 0.3 is 6.09 Å². The number of amides is 1. The Morgan fingerprint density at radius 2 is 2.04 bits per heavy atom. The number of carbonyl (C=O) groups excluding carboxylic acids is 1. The van der Waals surface area contributed by atoms with Gasteiger partial charge < -0.3 is 19.9 Å². The second kappa shape index (κ2) is 7.15. The molecular weight excluding hydrogens is 318 g/mol. The molecule has 0 bridgehead atoms. The summed E-state index contributed by atoms with van der Waals surface area (Å²) in [6.07, 6.45) is 0.422. The van der Waals surface area contributed by atoms with Crippen LogP contribution in [0.2, 0.25) is 0 Å². The third-order valence-corrected chi connectivity index (χ3v) is 4.67. The van der Waals surface area contributed by atoms with Gasteiger partial charge in [-0.15, -0.1) is 0 Å². The Bertz CT molecular complexity index is 747. The van der Waals surface area contributed by atoms with Gasteiger partial charge in [0.1, 0.15) is 11.4 Å². The first-order valence-corrected chi connectivity index (χ1v) is 8.43. The van der Waals surface area contributed by atoms with E-state index in [1.807, 2.05) is 48.5 Å². The zero-order valence-corrected chi connectivity index (χ0v) is 14.5. The van der Waals surface area contributed by atoms with Crippen LogP contribution in [0.3, 0.4) is 0 Å². The van der Waals surface area contributed by atoms with Gasteiger partial charge in [-0.1, -0.05) is 36.4 Å². The standard InChI is InChI=1S/C20H23NO4/c1-3-25-19(22)21-18-11-15-9-10-16(24-2)12-17(15)20(18,23)13-14-7-5-4-6-8-14/h4-10,12,18,23H,3,11,13H2,1-2H3,(H,21,22). The molecule has 1 aliphatic carbocycles. The highest BCUT2D eigenvalue weighted by molar-refractivity contribution is 5.68. The maximum absolute atomic E-state index is 11.9. The summed E-state index contributed by atoms with van der Waals surface area (Å²) in [4.78, 5) is 11.9. The average Bonchev–Trinajstić information content (AvgIpc) is 2.87. The number of hydrogen-bond donors (Lipinski definition) is 2. The zero-order chi connectivity index (χ0) is 17.9. The number of carbonyl (C=O) groups is 1. The van der Waals surface area contributed by atoms with Crippen molar-refractivity contribution in [1.29, 1.82) is 0 Å². The van der Waals surface area contributed by atoms with Crippen molar-refractivity contribution in [2.75, 3.05) is 13.7 Å². The molecular formula is C20H23NO4. The Morgan fingerprint density at radius 3 is 2.72 bits per heavy atom. The van der Waals surface area contributed by atoms with Crippen LogP contribution in [0.15, 0.2) is 48.5 Å². The number of methoxy groups -OCH3 is 1. The lowest BCUT2D eigenvalue weighted by Gasteiger charge is -2.32. The molecule has 0 aromatic heterocycles. The SMILES string of the molecule is CCOC(=O)NC1Cc2ccc(OC)cc2C1(O)Cc1ccccc1. The Balaban J connectivity index is 1.97. The van der Waals surface area contributed by atoms with Crippen LogP contribution in [0.5, 0.6) is 5.75 Å². The van der Waals surface area contributed by atoms with Gasteiger partial charge in [0, 0.05) is 6.42 Å². The van der Waals surface area contributed by atoms with Gasteiger partial charge in [0.25, 0.3) is 0 Å². The van der Waals surface area contributed by atoms with Crippen LogP contribution in [-0.2, 0) is 23.2 Å². The molecule has 0 heterocycles. The number of fused-ring (bicyclic) bond motifs is 1. The van der Waals surface area contributed by atoms with E-state index in [1.54, 1.807) is 14.0 Å². The molecule has 2 aromatic carbocycles. The van der Waals surface area contributed by atoms with Crippen molar-refractivity contribution in [3.63, 3.8) is 0 Å². The van der Waals surface area contributed by atoms with Crippen molar-refractivity contribution >= 4 is 6.09 Å². The van der Waals surface area contributed by atoms with Gasteiger partial charge in [-0.05, 0) is 42.2 Å². The summed E-state index contributed by atoms with van der Waals surface area (Å²) >= 11 is 0. The number of alkyl carbamates (subject to hydrolysis) is 1. The fourth-order valence-corrected chi connectivity index (χ4v) is 3.45. The molecule has 2 aromatic rings. The van der Waals surface area contributed by atoms with E-state index in [4.69, 9.17) is 9.47 Å². The molecule has 2 N–H and O–H groups in total.